The highest BCUT2D eigenvalue weighted by Crippen LogP contribution is 2.15. The molecule has 0 atom stereocenters. The first-order chi connectivity index (χ1) is 6.24. The Bertz CT molecular complexity index is 224. The maximum atomic E-state index is 10.6. The van der Waals surface area contributed by atoms with Crippen molar-refractivity contribution < 1.29 is 9.53 Å². The molecule has 13 heavy (non-hydrogen) atoms. The van der Waals surface area contributed by atoms with Gasteiger partial charge in [-0.1, -0.05) is 12.2 Å². The number of esters is 1. The summed E-state index contributed by atoms with van der Waals surface area (Å²) in [6, 6.07) is 0. The zero-order valence-corrected chi connectivity index (χ0v) is 8.39. The van der Waals surface area contributed by atoms with E-state index in [1.807, 2.05) is 13.0 Å². The molecule has 0 fully saturated rings. The van der Waals surface area contributed by atoms with Crippen molar-refractivity contribution in [3.63, 3.8) is 0 Å². The Kier molecular flexibility index (Phi) is 7.01. The molecule has 0 rings (SSSR count). The molecule has 0 unspecified atom stereocenters. The van der Waals surface area contributed by atoms with Crippen molar-refractivity contribution in [3.05, 3.63) is 23.6 Å². The summed E-state index contributed by atoms with van der Waals surface area (Å²) in [6.07, 6.45) is 4.32. The molecule has 4 heteroatoms. The fourth-order valence-electron chi connectivity index (χ4n) is 0.558. The molecule has 1 N–H and O–H groups in total. The highest BCUT2D eigenvalue weighted by molar-refractivity contribution is 8.03. The van der Waals surface area contributed by atoms with E-state index in [4.69, 9.17) is 10.1 Å². The maximum Gasteiger partial charge on any atom is 0.349 e. The smallest absolute Gasteiger partial charge is 0.349 e. The van der Waals surface area contributed by atoms with Gasteiger partial charge in [0.05, 0.1) is 0 Å². The molecule has 0 saturated heterocycles. The van der Waals surface area contributed by atoms with Gasteiger partial charge in [0.2, 0.25) is 0 Å². The molecule has 0 aromatic rings. The predicted molar refractivity (Wildman–Crippen MR) is 56.2 cm³/mol. The van der Waals surface area contributed by atoms with E-state index in [-0.39, 0.29) is 6.61 Å². The Balaban J connectivity index is 3.79. The van der Waals surface area contributed by atoms with Crippen LogP contribution in [0.1, 0.15) is 6.92 Å². The Morgan fingerprint density at radius 2 is 2.38 bits per heavy atom. The van der Waals surface area contributed by atoms with Crippen LogP contribution in [0.3, 0.4) is 0 Å². The molecule has 0 radical (unpaired) electrons. The number of carbonyl (C=O) groups excluding carboxylic acids is 1. The second kappa shape index (κ2) is 7.61. The average Bonchev–Trinajstić information content (AvgIpc) is 2.17. The second-order valence-electron chi connectivity index (χ2n) is 2.11. The van der Waals surface area contributed by atoms with Gasteiger partial charge in [-0.2, -0.15) is 0 Å². The van der Waals surface area contributed by atoms with Gasteiger partial charge in [0, 0.05) is 10.7 Å². The van der Waals surface area contributed by atoms with E-state index in [0.717, 1.165) is 10.7 Å². The lowest BCUT2D eigenvalue weighted by Gasteiger charge is -2.04. The Morgan fingerprint density at radius 3 is 2.85 bits per heavy atom. The molecule has 0 bridgehead atoms. The first-order valence-electron chi connectivity index (χ1n) is 3.80. The summed E-state index contributed by atoms with van der Waals surface area (Å²) in [5.41, 5.74) is 0. The lowest BCUT2D eigenvalue weighted by molar-refractivity contribution is -0.133. The van der Waals surface area contributed by atoms with Crippen LogP contribution < -0.4 is 0 Å². The van der Waals surface area contributed by atoms with Crippen molar-refractivity contribution >= 4 is 23.9 Å². The Morgan fingerprint density at radius 1 is 1.69 bits per heavy atom. The Labute approximate surface area is 82.4 Å². The molecule has 0 aliphatic heterocycles. The van der Waals surface area contributed by atoms with Crippen LogP contribution in [0.25, 0.3) is 0 Å². The van der Waals surface area contributed by atoms with E-state index in [2.05, 4.69) is 6.58 Å². The van der Waals surface area contributed by atoms with E-state index in [1.165, 1.54) is 0 Å². The summed E-state index contributed by atoms with van der Waals surface area (Å²) >= 11 is 1.56. The van der Waals surface area contributed by atoms with Crippen molar-refractivity contribution in [1.29, 1.82) is 5.41 Å². The van der Waals surface area contributed by atoms with Crippen LogP contribution in [0.15, 0.2) is 23.6 Å². The van der Waals surface area contributed by atoms with Crippen LogP contribution in [0.4, 0.5) is 0 Å². The Hall–Kier alpha value is -1.03. The molecule has 0 spiro atoms. The first kappa shape index (κ1) is 12.0. The molecule has 0 heterocycles. The lowest BCUT2D eigenvalue weighted by Crippen LogP contribution is -2.06. The van der Waals surface area contributed by atoms with Crippen molar-refractivity contribution in [2.45, 2.75) is 6.92 Å². The van der Waals surface area contributed by atoms with Gasteiger partial charge in [-0.3, -0.25) is 0 Å². The SMILES string of the molecule is C=CCS/C(=C\C)COC(=O)C=N. The number of hydrogen-bond acceptors (Lipinski definition) is 4. The highest BCUT2D eigenvalue weighted by Gasteiger charge is 2.00. The molecule has 0 aliphatic carbocycles. The van der Waals surface area contributed by atoms with Gasteiger partial charge in [-0.15, -0.1) is 18.3 Å². The number of allylic oxidation sites excluding steroid dienone is 1. The molecule has 0 aliphatic rings. The van der Waals surface area contributed by atoms with Crippen molar-refractivity contribution in [2.75, 3.05) is 12.4 Å². The quantitative estimate of drug-likeness (QED) is 0.404. The van der Waals surface area contributed by atoms with Gasteiger partial charge in [0.15, 0.2) is 0 Å². The summed E-state index contributed by atoms with van der Waals surface area (Å²) in [5, 5.41) is 6.61. The van der Waals surface area contributed by atoms with E-state index in [9.17, 15) is 4.79 Å². The van der Waals surface area contributed by atoms with Crippen LogP contribution in [-0.2, 0) is 9.53 Å². The van der Waals surface area contributed by atoms with Crippen molar-refractivity contribution in [1.82, 2.24) is 0 Å². The molecule has 72 valence electrons. The number of rotatable bonds is 6. The fraction of sp³-hybridized carbons (Fsp3) is 0.333. The zero-order chi connectivity index (χ0) is 10.1. The summed E-state index contributed by atoms with van der Waals surface area (Å²) in [6.45, 7) is 5.70. The minimum atomic E-state index is -0.612. The third-order valence-corrected chi connectivity index (χ3v) is 2.31. The third-order valence-electron chi connectivity index (χ3n) is 1.18. The standard InChI is InChI=1S/C9H13NO2S/c1-3-5-13-8(4-2)7-12-9(11)6-10/h3-4,6,10H,1,5,7H2,2H3/b8-4-,10-6?. The van der Waals surface area contributed by atoms with Crippen LogP contribution in [0.2, 0.25) is 0 Å². The summed E-state index contributed by atoms with van der Waals surface area (Å²) in [7, 11) is 0. The zero-order valence-electron chi connectivity index (χ0n) is 7.58. The van der Waals surface area contributed by atoms with Gasteiger partial charge in [0.1, 0.15) is 12.8 Å². The van der Waals surface area contributed by atoms with Gasteiger partial charge >= 0.3 is 5.97 Å². The highest BCUT2D eigenvalue weighted by atomic mass is 32.2. The number of carbonyl (C=O) groups is 1. The van der Waals surface area contributed by atoms with E-state index < -0.39 is 5.97 Å². The maximum absolute atomic E-state index is 10.6. The number of hydrogen-bond donors (Lipinski definition) is 1. The van der Waals surface area contributed by atoms with Gasteiger partial charge in [-0.05, 0) is 6.92 Å². The van der Waals surface area contributed by atoms with Gasteiger partial charge in [0.25, 0.3) is 0 Å². The van der Waals surface area contributed by atoms with Crippen molar-refractivity contribution in [2.24, 2.45) is 0 Å². The van der Waals surface area contributed by atoms with Crippen molar-refractivity contribution in [3.8, 4) is 0 Å². The average molecular weight is 199 g/mol. The molecular weight excluding hydrogens is 186 g/mol. The molecule has 0 saturated carbocycles. The largest absolute Gasteiger partial charge is 0.456 e. The first-order valence-corrected chi connectivity index (χ1v) is 4.79. The monoisotopic (exact) mass is 199 g/mol. The normalized spacial score (nSPS) is 10.7. The second-order valence-corrected chi connectivity index (χ2v) is 3.25. The number of thioether (sulfide) groups is 1. The minimum absolute atomic E-state index is 0.239. The summed E-state index contributed by atoms with van der Waals surface area (Å²) in [5.74, 6) is 0.181. The van der Waals surface area contributed by atoms with Crippen LogP contribution in [0, 0.1) is 5.41 Å². The molecule has 3 nitrogen and oxygen atoms in total. The number of ether oxygens (including phenoxy) is 1. The van der Waals surface area contributed by atoms with Gasteiger partial charge < -0.3 is 10.1 Å². The van der Waals surface area contributed by atoms with E-state index in [0.29, 0.717) is 6.21 Å². The summed E-state index contributed by atoms with van der Waals surface area (Å²) < 4.78 is 4.74. The molecule has 0 amide bonds. The number of nitrogens with one attached hydrogen (secondary N) is 1. The minimum Gasteiger partial charge on any atom is -0.456 e. The van der Waals surface area contributed by atoms with Crippen LogP contribution in [-0.4, -0.2) is 24.5 Å². The lowest BCUT2D eigenvalue weighted by atomic mass is 10.5. The van der Waals surface area contributed by atoms with Gasteiger partial charge in [-0.25, -0.2) is 4.79 Å². The predicted octanol–water partition coefficient (Wildman–Crippen LogP) is 2.00. The van der Waals surface area contributed by atoms with Crippen LogP contribution >= 0.6 is 11.8 Å². The van der Waals surface area contributed by atoms with E-state index in [1.54, 1.807) is 17.8 Å². The topological polar surface area (TPSA) is 50.2 Å². The molecule has 0 aromatic heterocycles. The summed E-state index contributed by atoms with van der Waals surface area (Å²) in [4.78, 5) is 11.6. The fourth-order valence-corrected chi connectivity index (χ4v) is 1.20. The van der Waals surface area contributed by atoms with Crippen LogP contribution in [0.5, 0.6) is 0 Å². The molecule has 0 aromatic carbocycles. The molecular formula is C9H13NO2S. The third kappa shape index (κ3) is 6.16. The van der Waals surface area contributed by atoms with E-state index >= 15 is 0 Å².